The lowest BCUT2D eigenvalue weighted by molar-refractivity contribution is -0.123. The number of hydrogen-bond donors (Lipinski definition) is 4. The summed E-state index contributed by atoms with van der Waals surface area (Å²) in [6.45, 7) is 3.91. The molecule has 1 atom stereocenters. The van der Waals surface area contributed by atoms with E-state index in [9.17, 15) is 18.4 Å². The van der Waals surface area contributed by atoms with Gasteiger partial charge in [-0.05, 0) is 24.5 Å². The maximum absolute atomic E-state index is 13.2. The normalized spacial score (nSPS) is 12.5. The predicted octanol–water partition coefficient (Wildman–Crippen LogP) is 2.54. The van der Waals surface area contributed by atoms with Crippen LogP contribution in [-0.2, 0) is 15.3 Å². The number of aromatic amines is 1. The Hall–Kier alpha value is -2.38. The topological polar surface area (TPSA) is 125 Å². The summed E-state index contributed by atoms with van der Waals surface area (Å²) < 4.78 is 23.5. The molecule has 28 heavy (non-hydrogen) atoms. The number of amides is 3. The average Bonchev–Trinajstić information content (AvgIpc) is 3.12. The Morgan fingerprint density at radius 1 is 1.25 bits per heavy atom. The van der Waals surface area contributed by atoms with Gasteiger partial charge < -0.3 is 16.0 Å². The van der Waals surface area contributed by atoms with Crippen molar-refractivity contribution in [2.75, 3.05) is 5.32 Å². The molecule has 0 saturated carbocycles. The molecule has 0 aliphatic heterocycles. The van der Waals surface area contributed by atoms with Gasteiger partial charge >= 0.3 is 9.96 Å². The lowest BCUT2D eigenvalue weighted by Gasteiger charge is -2.20. The van der Waals surface area contributed by atoms with Gasteiger partial charge in [0, 0.05) is 33.8 Å². The van der Waals surface area contributed by atoms with Crippen molar-refractivity contribution in [1.82, 2.24) is 31.3 Å². The Morgan fingerprint density at radius 2 is 1.93 bits per heavy atom. The van der Waals surface area contributed by atoms with E-state index < -0.39 is 21.9 Å². The molecule has 0 saturated heterocycles. The van der Waals surface area contributed by atoms with Crippen LogP contribution in [0.3, 0.4) is 0 Å². The summed E-state index contributed by atoms with van der Waals surface area (Å²) in [5, 5.41) is 20.9. The van der Waals surface area contributed by atoms with Gasteiger partial charge in [0.2, 0.25) is 5.91 Å². The summed E-state index contributed by atoms with van der Waals surface area (Å²) in [4.78, 5) is 24.6. The Balaban J connectivity index is 1.94. The number of hydrogen-bond acceptors (Lipinski definition) is 5. The molecule has 0 radical (unpaired) electrons. The Bertz CT molecular complexity index is 779. The summed E-state index contributed by atoms with van der Waals surface area (Å²) in [6, 6.07) is 3.79. The molecule has 2 aromatic rings. The van der Waals surface area contributed by atoms with Crippen molar-refractivity contribution < 1.29 is 18.4 Å². The van der Waals surface area contributed by atoms with Crippen LogP contribution in [0.1, 0.15) is 31.7 Å². The first-order valence-corrected chi connectivity index (χ1v) is 9.48. The molecule has 0 aliphatic carbocycles. The van der Waals surface area contributed by atoms with Crippen molar-refractivity contribution in [3.05, 3.63) is 35.7 Å². The van der Waals surface area contributed by atoms with E-state index in [2.05, 4.69) is 36.6 Å². The zero-order chi connectivity index (χ0) is 20.7. The van der Waals surface area contributed by atoms with Crippen LogP contribution in [0, 0.1) is 5.92 Å². The summed E-state index contributed by atoms with van der Waals surface area (Å²) in [6.07, 6.45) is 0.408. The first-order valence-electron chi connectivity index (χ1n) is 8.40. The van der Waals surface area contributed by atoms with Crippen LogP contribution in [0.2, 0.25) is 0 Å². The van der Waals surface area contributed by atoms with Crippen LogP contribution in [-0.4, -0.2) is 38.6 Å². The van der Waals surface area contributed by atoms with Crippen molar-refractivity contribution >= 4 is 40.2 Å². The van der Waals surface area contributed by atoms with Gasteiger partial charge in [0.1, 0.15) is 6.04 Å². The first kappa shape index (κ1) is 21.9. The number of urea groups is 1. The molecule has 1 heterocycles. The Morgan fingerprint density at radius 3 is 2.46 bits per heavy atom. The summed E-state index contributed by atoms with van der Waals surface area (Å²) in [5.41, 5.74) is 0.162. The predicted molar refractivity (Wildman–Crippen MR) is 106 cm³/mol. The number of carbonyl (C=O) groups is 2. The smallest absolute Gasteiger partial charge is 0.321 e. The second-order valence-electron chi connectivity index (χ2n) is 6.40. The van der Waals surface area contributed by atoms with Crippen LogP contribution in [0.4, 0.5) is 19.3 Å². The number of halogens is 3. The average molecular weight is 507 g/mol. The third-order valence-corrected chi connectivity index (χ3v) is 4.23. The monoisotopic (exact) mass is 507 g/mol. The number of nitrogens with zero attached hydrogens (tertiary/aromatic N) is 3. The van der Waals surface area contributed by atoms with Crippen LogP contribution in [0.25, 0.3) is 0 Å². The molecule has 0 spiro atoms. The molecule has 1 aromatic heterocycles. The SMILES string of the molecule is CC(C)C[C@H](NC(=O)Nc1ccc(C(F)(F)I)cc1)C(=O)NCc1nn[nH]n1. The van der Waals surface area contributed by atoms with Crippen LogP contribution >= 0.6 is 22.6 Å². The fraction of sp³-hybridized carbons (Fsp3) is 0.438. The largest absolute Gasteiger partial charge is 0.347 e. The molecular formula is C16H20F2IN7O2. The molecule has 152 valence electrons. The van der Waals surface area contributed by atoms with Crippen LogP contribution in [0.15, 0.2) is 24.3 Å². The van der Waals surface area contributed by atoms with Crippen molar-refractivity contribution in [1.29, 1.82) is 0 Å². The lowest BCUT2D eigenvalue weighted by atomic mass is 10.0. The zero-order valence-electron chi connectivity index (χ0n) is 15.2. The minimum atomic E-state index is -2.99. The minimum absolute atomic E-state index is 0.0687. The summed E-state index contributed by atoms with van der Waals surface area (Å²) >= 11 is 1.03. The number of rotatable bonds is 8. The molecule has 0 fully saturated rings. The van der Waals surface area contributed by atoms with Gasteiger partial charge in [0.05, 0.1) is 6.54 Å². The highest BCUT2D eigenvalue weighted by Crippen LogP contribution is 2.35. The van der Waals surface area contributed by atoms with Crippen molar-refractivity contribution in [2.45, 2.75) is 36.8 Å². The highest BCUT2D eigenvalue weighted by Gasteiger charge is 2.26. The molecule has 4 N–H and O–H groups in total. The fourth-order valence-corrected chi connectivity index (χ4v) is 2.68. The molecule has 1 aromatic carbocycles. The van der Waals surface area contributed by atoms with E-state index in [-0.39, 0.29) is 18.0 Å². The second kappa shape index (κ2) is 9.71. The molecular weight excluding hydrogens is 487 g/mol. The quantitative estimate of drug-likeness (QED) is 0.323. The van der Waals surface area contributed by atoms with E-state index in [1.165, 1.54) is 24.3 Å². The van der Waals surface area contributed by atoms with E-state index >= 15 is 0 Å². The van der Waals surface area contributed by atoms with Crippen molar-refractivity contribution in [3.63, 3.8) is 0 Å². The summed E-state index contributed by atoms with van der Waals surface area (Å²) in [5.74, 6) is 0.0631. The van der Waals surface area contributed by atoms with E-state index in [0.717, 1.165) is 22.6 Å². The minimum Gasteiger partial charge on any atom is -0.347 e. The number of nitrogens with one attached hydrogen (secondary N) is 4. The van der Waals surface area contributed by atoms with E-state index in [1.807, 2.05) is 13.8 Å². The standard InChI is InChI=1S/C16H20F2IN7O2/c1-9(2)7-12(14(27)20-8-13-23-25-26-24-13)22-15(28)21-11-5-3-10(4-6-11)16(17,18)19/h3-6,9,12H,7-8H2,1-2H3,(H,20,27)(H2,21,22,28)(H,23,24,25,26)/t12-/m0/s1. The van der Waals surface area contributed by atoms with Gasteiger partial charge in [-0.3, -0.25) is 4.79 Å². The van der Waals surface area contributed by atoms with Gasteiger partial charge in [-0.25, -0.2) is 4.79 Å². The maximum Gasteiger partial charge on any atom is 0.321 e. The number of aromatic nitrogens is 4. The van der Waals surface area contributed by atoms with E-state index in [1.54, 1.807) is 0 Å². The molecule has 0 unspecified atom stereocenters. The molecule has 12 heteroatoms. The van der Waals surface area contributed by atoms with E-state index in [4.69, 9.17) is 0 Å². The first-order chi connectivity index (χ1) is 13.1. The van der Waals surface area contributed by atoms with Gasteiger partial charge in [0.15, 0.2) is 5.82 Å². The molecule has 9 nitrogen and oxygen atoms in total. The van der Waals surface area contributed by atoms with Crippen molar-refractivity contribution in [3.8, 4) is 0 Å². The van der Waals surface area contributed by atoms with Gasteiger partial charge in [-0.15, -0.1) is 10.2 Å². The highest BCUT2D eigenvalue weighted by atomic mass is 127. The number of anilines is 1. The van der Waals surface area contributed by atoms with Gasteiger partial charge in [0.25, 0.3) is 0 Å². The Kier molecular flexibility index (Phi) is 7.60. The van der Waals surface area contributed by atoms with Crippen molar-refractivity contribution in [2.24, 2.45) is 5.92 Å². The second-order valence-corrected chi connectivity index (χ2v) is 7.76. The van der Waals surface area contributed by atoms with E-state index in [0.29, 0.717) is 17.9 Å². The van der Waals surface area contributed by atoms with Gasteiger partial charge in [-0.2, -0.15) is 14.0 Å². The molecule has 3 amide bonds. The third kappa shape index (κ3) is 6.98. The Labute approximate surface area is 173 Å². The number of benzene rings is 1. The number of alkyl halides is 3. The number of tetrazole rings is 1. The highest BCUT2D eigenvalue weighted by molar-refractivity contribution is 14.1. The fourth-order valence-electron chi connectivity index (χ4n) is 2.32. The van der Waals surface area contributed by atoms with Crippen LogP contribution in [0.5, 0.6) is 0 Å². The summed E-state index contributed by atoms with van der Waals surface area (Å²) in [7, 11) is 0. The molecule has 0 bridgehead atoms. The lowest BCUT2D eigenvalue weighted by Crippen LogP contribution is -2.48. The third-order valence-electron chi connectivity index (χ3n) is 3.61. The van der Waals surface area contributed by atoms with Gasteiger partial charge in [-0.1, -0.05) is 31.2 Å². The molecule has 0 aliphatic rings. The number of carbonyl (C=O) groups excluding carboxylic acids is 2. The number of H-pyrrole nitrogens is 1. The zero-order valence-corrected chi connectivity index (χ0v) is 17.3. The van der Waals surface area contributed by atoms with Crippen LogP contribution < -0.4 is 16.0 Å². The maximum atomic E-state index is 13.2. The molecule has 2 rings (SSSR count).